The van der Waals surface area contributed by atoms with Gasteiger partial charge in [-0.05, 0) is 48.9 Å². The number of aromatic nitrogens is 1. The van der Waals surface area contributed by atoms with E-state index in [-0.39, 0.29) is 6.42 Å². The van der Waals surface area contributed by atoms with E-state index in [1.54, 1.807) is 0 Å². The van der Waals surface area contributed by atoms with E-state index in [1.807, 2.05) is 18.2 Å². The number of aliphatic carboxylic acids is 1. The minimum Gasteiger partial charge on any atom is -0.481 e. The molecule has 0 saturated carbocycles. The average Bonchev–Trinajstić information content (AvgIpc) is 2.66. The molecule has 0 radical (unpaired) electrons. The molecule has 3 heteroatoms. The van der Waals surface area contributed by atoms with Crippen molar-refractivity contribution in [2.45, 2.75) is 32.1 Å². The fourth-order valence-electron chi connectivity index (χ4n) is 2.74. The maximum atomic E-state index is 10.7. The molecule has 1 aliphatic carbocycles. The molecule has 2 aromatic rings. The lowest BCUT2D eigenvalue weighted by atomic mass is 9.95. The van der Waals surface area contributed by atoms with Gasteiger partial charge in [0, 0.05) is 16.6 Å². The lowest BCUT2D eigenvalue weighted by molar-refractivity contribution is -0.136. The molecule has 0 unspecified atom stereocenters. The number of hydrogen-bond donors (Lipinski definition) is 2. The lowest BCUT2D eigenvalue weighted by Gasteiger charge is -2.10. The Kier molecular flexibility index (Phi) is 2.39. The minimum atomic E-state index is -0.770. The third-order valence-electron chi connectivity index (χ3n) is 3.52. The van der Waals surface area contributed by atoms with Gasteiger partial charge in [-0.15, -0.1) is 0 Å². The Balaban J connectivity index is 2.11. The summed E-state index contributed by atoms with van der Waals surface area (Å²) >= 11 is 0. The Labute approximate surface area is 99.5 Å². The molecule has 88 valence electrons. The highest BCUT2D eigenvalue weighted by atomic mass is 16.4. The fourth-order valence-corrected chi connectivity index (χ4v) is 2.74. The first-order chi connectivity index (χ1) is 8.24. The number of aromatic amines is 1. The predicted molar refractivity (Wildman–Crippen MR) is 66.3 cm³/mol. The molecule has 1 aliphatic rings. The van der Waals surface area contributed by atoms with Crippen molar-refractivity contribution in [3.63, 3.8) is 0 Å². The number of benzene rings is 1. The Morgan fingerprint density at radius 2 is 2.12 bits per heavy atom. The molecule has 2 N–H and O–H groups in total. The van der Waals surface area contributed by atoms with Crippen molar-refractivity contribution < 1.29 is 9.90 Å². The van der Waals surface area contributed by atoms with Crippen LogP contribution in [0.15, 0.2) is 18.2 Å². The molecular weight excluding hydrogens is 214 g/mol. The van der Waals surface area contributed by atoms with Crippen molar-refractivity contribution in [3.8, 4) is 0 Å². The molecule has 0 bridgehead atoms. The van der Waals surface area contributed by atoms with Crippen molar-refractivity contribution in [1.82, 2.24) is 4.98 Å². The van der Waals surface area contributed by atoms with Crippen LogP contribution in [0.4, 0.5) is 0 Å². The quantitative estimate of drug-likeness (QED) is 0.831. The van der Waals surface area contributed by atoms with Crippen LogP contribution in [0.5, 0.6) is 0 Å². The Bertz CT molecular complexity index is 583. The van der Waals surface area contributed by atoms with Gasteiger partial charge in [-0.2, -0.15) is 0 Å². The van der Waals surface area contributed by atoms with Gasteiger partial charge in [-0.3, -0.25) is 4.79 Å². The van der Waals surface area contributed by atoms with E-state index in [2.05, 4.69) is 4.98 Å². The van der Waals surface area contributed by atoms with Gasteiger partial charge in [0.1, 0.15) is 0 Å². The molecule has 0 amide bonds. The van der Waals surface area contributed by atoms with Gasteiger partial charge < -0.3 is 10.1 Å². The topological polar surface area (TPSA) is 53.1 Å². The first-order valence-electron chi connectivity index (χ1n) is 6.08. The third kappa shape index (κ3) is 1.82. The Morgan fingerprint density at radius 1 is 1.29 bits per heavy atom. The SMILES string of the molecule is O=C(O)Cc1ccc2[nH]c3c(c2c1)CCCC3. The molecule has 0 saturated heterocycles. The fraction of sp³-hybridized carbons (Fsp3) is 0.357. The summed E-state index contributed by atoms with van der Waals surface area (Å²) in [4.78, 5) is 14.2. The summed E-state index contributed by atoms with van der Waals surface area (Å²) in [6, 6.07) is 5.94. The molecule has 3 rings (SSSR count). The summed E-state index contributed by atoms with van der Waals surface area (Å²) in [6.45, 7) is 0. The summed E-state index contributed by atoms with van der Waals surface area (Å²) in [7, 11) is 0. The molecule has 0 atom stereocenters. The summed E-state index contributed by atoms with van der Waals surface area (Å²) in [6.07, 6.45) is 4.84. The molecule has 0 aliphatic heterocycles. The summed E-state index contributed by atoms with van der Waals surface area (Å²) in [5.41, 5.74) is 4.78. The Morgan fingerprint density at radius 3 is 2.94 bits per heavy atom. The molecule has 1 heterocycles. The van der Waals surface area contributed by atoms with Crippen LogP contribution in [0.25, 0.3) is 10.9 Å². The van der Waals surface area contributed by atoms with E-state index in [4.69, 9.17) is 5.11 Å². The van der Waals surface area contributed by atoms with Crippen LogP contribution in [0, 0.1) is 0 Å². The molecule has 1 aromatic heterocycles. The normalized spacial score (nSPS) is 14.8. The van der Waals surface area contributed by atoms with E-state index in [0.717, 1.165) is 23.9 Å². The maximum Gasteiger partial charge on any atom is 0.307 e. The highest BCUT2D eigenvalue weighted by molar-refractivity contribution is 5.86. The zero-order valence-corrected chi connectivity index (χ0v) is 9.62. The predicted octanol–water partition coefficient (Wildman–Crippen LogP) is 2.67. The van der Waals surface area contributed by atoms with Crippen molar-refractivity contribution >= 4 is 16.9 Å². The number of rotatable bonds is 2. The number of fused-ring (bicyclic) bond motifs is 3. The van der Waals surface area contributed by atoms with Crippen LogP contribution in [-0.2, 0) is 24.1 Å². The van der Waals surface area contributed by atoms with E-state index in [1.165, 1.54) is 29.5 Å². The van der Waals surface area contributed by atoms with Gasteiger partial charge in [0.15, 0.2) is 0 Å². The number of H-pyrrole nitrogens is 1. The van der Waals surface area contributed by atoms with E-state index in [0.29, 0.717) is 0 Å². The van der Waals surface area contributed by atoms with Crippen molar-refractivity contribution in [1.29, 1.82) is 0 Å². The van der Waals surface area contributed by atoms with Crippen LogP contribution >= 0.6 is 0 Å². The van der Waals surface area contributed by atoms with Crippen LogP contribution < -0.4 is 0 Å². The van der Waals surface area contributed by atoms with Gasteiger partial charge in [0.25, 0.3) is 0 Å². The van der Waals surface area contributed by atoms with Gasteiger partial charge >= 0.3 is 5.97 Å². The second kappa shape index (κ2) is 3.91. The molecule has 1 aromatic carbocycles. The summed E-state index contributed by atoms with van der Waals surface area (Å²) < 4.78 is 0. The molecule has 3 nitrogen and oxygen atoms in total. The van der Waals surface area contributed by atoms with Crippen molar-refractivity contribution in [2.75, 3.05) is 0 Å². The van der Waals surface area contributed by atoms with Crippen LogP contribution in [0.1, 0.15) is 29.7 Å². The van der Waals surface area contributed by atoms with E-state index >= 15 is 0 Å². The van der Waals surface area contributed by atoms with Crippen LogP contribution in [-0.4, -0.2) is 16.1 Å². The highest BCUT2D eigenvalue weighted by Crippen LogP contribution is 2.29. The van der Waals surface area contributed by atoms with Gasteiger partial charge in [0.05, 0.1) is 6.42 Å². The zero-order chi connectivity index (χ0) is 11.8. The number of aryl methyl sites for hydroxylation is 2. The van der Waals surface area contributed by atoms with Gasteiger partial charge in [-0.25, -0.2) is 0 Å². The number of carboxylic acid groups (broad SMARTS) is 1. The van der Waals surface area contributed by atoms with Crippen LogP contribution in [0.2, 0.25) is 0 Å². The molecule has 0 spiro atoms. The Hall–Kier alpha value is -1.77. The molecule has 17 heavy (non-hydrogen) atoms. The maximum absolute atomic E-state index is 10.7. The van der Waals surface area contributed by atoms with E-state index in [9.17, 15) is 4.79 Å². The third-order valence-corrected chi connectivity index (χ3v) is 3.52. The van der Waals surface area contributed by atoms with E-state index < -0.39 is 5.97 Å². The van der Waals surface area contributed by atoms with Gasteiger partial charge in [0.2, 0.25) is 0 Å². The monoisotopic (exact) mass is 229 g/mol. The first-order valence-corrected chi connectivity index (χ1v) is 6.08. The first kappa shape index (κ1) is 10.4. The lowest BCUT2D eigenvalue weighted by Crippen LogP contribution is -2.01. The molecular formula is C14H15NO2. The second-order valence-corrected chi connectivity index (χ2v) is 4.74. The summed E-state index contributed by atoms with van der Waals surface area (Å²) in [5.74, 6) is -0.770. The van der Waals surface area contributed by atoms with Crippen molar-refractivity contribution in [2.24, 2.45) is 0 Å². The number of carbonyl (C=O) groups is 1. The smallest absolute Gasteiger partial charge is 0.307 e. The second-order valence-electron chi connectivity index (χ2n) is 4.74. The number of carboxylic acids is 1. The highest BCUT2D eigenvalue weighted by Gasteiger charge is 2.15. The average molecular weight is 229 g/mol. The van der Waals surface area contributed by atoms with Crippen molar-refractivity contribution in [3.05, 3.63) is 35.0 Å². The number of hydrogen-bond acceptors (Lipinski definition) is 1. The van der Waals surface area contributed by atoms with Gasteiger partial charge in [-0.1, -0.05) is 6.07 Å². The minimum absolute atomic E-state index is 0.107. The standard InChI is InChI=1S/C14H15NO2/c16-14(17)8-9-5-6-13-11(7-9)10-3-1-2-4-12(10)15-13/h5-7,15H,1-4,8H2,(H,16,17). The largest absolute Gasteiger partial charge is 0.481 e. The zero-order valence-electron chi connectivity index (χ0n) is 9.62. The number of nitrogens with one attached hydrogen (secondary N) is 1. The molecule has 0 fully saturated rings. The van der Waals surface area contributed by atoms with Crippen LogP contribution in [0.3, 0.4) is 0 Å². The summed E-state index contributed by atoms with van der Waals surface area (Å²) in [5, 5.41) is 10.0.